The van der Waals surface area contributed by atoms with E-state index in [4.69, 9.17) is 0 Å². The predicted octanol–water partition coefficient (Wildman–Crippen LogP) is 3.20. The molecule has 0 aromatic heterocycles. The standard InChI is InChI=1S/C11H15F2N/c1-11(2,3)14(4)8-5-6-9(12)10(13)7-8/h5-7H,1-4H3. The predicted molar refractivity (Wildman–Crippen MR) is 54.5 cm³/mol. The number of nitrogens with zero attached hydrogens (tertiary/aromatic N) is 1. The third-order valence-corrected chi connectivity index (χ3v) is 2.30. The highest BCUT2D eigenvalue weighted by Crippen LogP contribution is 2.23. The second-order valence-corrected chi connectivity index (χ2v) is 4.33. The van der Waals surface area contributed by atoms with Crippen LogP contribution in [-0.2, 0) is 0 Å². The summed E-state index contributed by atoms with van der Waals surface area (Å²) in [6.45, 7) is 6.02. The van der Waals surface area contributed by atoms with Gasteiger partial charge in [0.25, 0.3) is 0 Å². The molecule has 14 heavy (non-hydrogen) atoms. The topological polar surface area (TPSA) is 3.24 Å². The third-order valence-electron chi connectivity index (χ3n) is 2.30. The Morgan fingerprint density at radius 2 is 1.64 bits per heavy atom. The number of hydrogen-bond donors (Lipinski definition) is 0. The molecule has 0 unspecified atom stereocenters. The molecule has 1 aromatic rings. The average Bonchev–Trinajstić information content (AvgIpc) is 2.07. The first-order chi connectivity index (χ1) is 6.32. The van der Waals surface area contributed by atoms with E-state index in [1.54, 1.807) is 6.07 Å². The minimum Gasteiger partial charge on any atom is -0.370 e. The molecule has 3 heteroatoms. The lowest BCUT2D eigenvalue weighted by Crippen LogP contribution is -2.38. The van der Waals surface area contributed by atoms with Gasteiger partial charge in [-0.05, 0) is 32.9 Å². The van der Waals surface area contributed by atoms with Gasteiger partial charge in [-0.15, -0.1) is 0 Å². The zero-order valence-corrected chi connectivity index (χ0v) is 8.94. The van der Waals surface area contributed by atoms with Crippen LogP contribution in [-0.4, -0.2) is 12.6 Å². The summed E-state index contributed by atoms with van der Waals surface area (Å²) in [6, 6.07) is 3.93. The van der Waals surface area contributed by atoms with Crippen molar-refractivity contribution in [2.75, 3.05) is 11.9 Å². The van der Waals surface area contributed by atoms with Crippen LogP contribution in [0.1, 0.15) is 20.8 Å². The van der Waals surface area contributed by atoms with Crippen LogP contribution in [0, 0.1) is 11.6 Å². The highest BCUT2D eigenvalue weighted by molar-refractivity contribution is 5.47. The first kappa shape index (κ1) is 11.0. The van der Waals surface area contributed by atoms with Crippen molar-refractivity contribution in [3.63, 3.8) is 0 Å². The fourth-order valence-corrected chi connectivity index (χ4v) is 1.08. The van der Waals surface area contributed by atoms with Gasteiger partial charge in [0.2, 0.25) is 0 Å². The summed E-state index contributed by atoms with van der Waals surface area (Å²) in [5.74, 6) is -1.62. The number of halogens is 2. The Bertz CT molecular complexity index is 329. The van der Waals surface area contributed by atoms with Crippen LogP contribution in [0.3, 0.4) is 0 Å². The molecule has 0 spiro atoms. The summed E-state index contributed by atoms with van der Waals surface area (Å²) in [7, 11) is 1.85. The Balaban J connectivity index is 3.03. The molecule has 0 aliphatic carbocycles. The molecule has 0 bridgehead atoms. The van der Waals surface area contributed by atoms with Gasteiger partial charge in [-0.25, -0.2) is 8.78 Å². The molecule has 78 valence electrons. The highest BCUT2D eigenvalue weighted by atomic mass is 19.2. The molecular weight excluding hydrogens is 184 g/mol. The maximum atomic E-state index is 12.9. The summed E-state index contributed by atoms with van der Waals surface area (Å²) in [5.41, 5.74) is 0.570. The van der Waals surface area contributed by atoms with Gasteiger partial charge in [-0.2, -0.15) is 0 Å². The second kappa shape index (κ2) is 3.56. The van der Waals surface area contributed by atoms with Crippen molar-refractivity contribution in [3.8, 4) is 0 Å². The van der Waals surface area contributed by atoms with E-state index in [9.17, 15) is 8.78 Å². The minimum absolute atomic E-state index is 0.107. The molecule has 0 saturated carbocycles. The first-order valence-electron chi connectivity index (χ1n) is 4.51. The largest absolute Gasteiger partial charge is 0.370 e. The summed E-state index contributed by atoms with van der Waals surface area (Å²) < 4.78 is 25.6. The molecule has 1 aromatic carbocycles. The molecule has 0 aliphatic heterocycles. The first-order valence-corrected chi connectivity index (χ1v) is 4.51. The zero-order chi connectivity index (χ0) is 10.9. The SMILES string of the molecule is CN(c1ccc(F)c(F)c1)C(C)(C)C. The quantitative estimate of drug-likeness (QED) is 0.671. The van der Waals surface area contributed by atoms with E-state index in [2.05, 4.69) is 0 Å². The van der Waals surface area contributed by atoms with Gasteiger partial charge >= 0.3 is 0 Å². The van der Waals surface area contributed by atoms with E-state index in [0.29, 0.717) is 5.69 Å². The molecule has 1 nitrogen and oxygen atoms in total. The van der Waals surface area contributed by atoms with E-state index in [1.165, 1.54) is 6.07 Å². The van der Waals surface area contributed by atoms with Gasteiger partial charge in [-0.1, -0.05) is 0 Å². The number of benzene rings is 1. The van der Waals surface area contributed by atoms with Crippen molar-refractivity contribution in [2.24, 2.45) is 0 Å². The Morgan fingerprint density at radius 1 is 1.07 bits per heavy atom. The molecule has 1 rings (SSSR count). The van der Waals surface area contributed by atoms with Crippen LogP contribution in [0.5, 0.6) is 0 Å². The van der Waals surface area contributed by atoms with E-state index in [1.807, 2.05) is 32.7 Å². The van der Waals surface area contributed by atoms with Crippen molar-refractivity contribution >= 4 is 5.69 Å². The van der Waals surface area contributed by atoms with Crippen LogP contribution in [0.4, 0.5) is 14.5 Å². The smallest absolute Gasteiger partial charge is 0.160 e. The van der Waals surface area contributed by atoms with Crippen LogP contribution in [0.15, 0.2) is 18.2 Å². The van der Waals surface area contributed by atoms with Crippen LogP contribution in [0.25, 0.3) is 0 Å². The summed E-state index contributed by atoms with van der Waals surface area (Å²) in [6.07, 6.45) is 0. The van der Waals surface area contributed by atoms with Crippen LogP contribution >= 0.6 is 0 Å². The van der Waals surface area contributed by atoms with Crippen molar-refractivity contribution in [1.82, 2.24) is 0 Å². The average molecular weight is 199 g/mol. The lowest BCUT2D eigenvalue weighted by molar-refractivity contribution is 0.503. The maximum Gasteiger partial charge on any atom is 0.160 e. The van der Waals surface area contributed by atoms with E-state index < -0.39 is 11.6 Å². The fourth-order valence-electron chi connectivity index (χ4n) is 1.08. The Morgan fingerprint density at radius 3 is 2.07 bits per heavy atom. The van der Waals surface area contributed by atoms with Gasteiger partial charge in [0, 0.05) is 24.3 Å². The number of anilines is 1. The normalized spacial score (nSPS) is 11.6. The van der Waals surface area contributed by atoms with Crippen LogP contribution < -0.4 is 4.90 Å². The molecule has 0 fully saturated rings. The second-order valence-electron chi connectivity index (χ2n) is 4.33. The molecule has 0 atom stereocenters. The third kappa shape index (κ3) is 2.22. The van der Waals surface area contributed by atoms with Gasteiger partial charge < -0.3 is 4.90 Å². The zero-order valence-electron chi connectivity index (χ0n) is 8.94. The minimum atomic E-state index is -0.809. The van der Waals surface area contributed by atoms with Gasteiger partial charge in [0.1, 0.15) is 0 Å². The Hall–Kier alpha value is -1.12. The highest BCUT2D eigenvalue weighted by Gasteiger charge is 2.18. The molecular formula is C11H15F2N. The summed E-state index contributed by atoms with van der Waals surface area (Å²) in [4.78, 5) is 1.90. The van der Waals surface area contributed by atoms with E-state index >= 15 is 0 Å². The lowest BCUT2D eigenvalue weighted by atomic mass is 10.1. The van der Waals surface area contributed by atoms with E-state index in [-0.39, 0.29) is 5.54 Å². The van der Waals surface area contributed by atoms with Crippen molar-refractivity contribution in [1.29, 1.82) is 0 Å². The Kier molecular flexibility index (Phi) is 2.79. The van der Waals surface area contributed by atoms with Crippen LogP contribution in [0.2, 0.25) is 0 Å². The van der Waals surface area contributed by atoms with Gasteiger partial charge in [-0.3, -0.25) is 0 Å². The molecule has 0 amide bonds. The van der Waals surface area contributed by atoms with E-state index in [0.717, 1.165) is 6.07 Å². The summed E-state index contributed by atoms with van der Waals surface area (Å²) >= 11 is 0. The maximum absolute atomic E-state index is 12.9. The molecule has 0 heterocycles. The van der Waals surface area contributed by atoms with Gasteiger partial charge in [0.05, 0.1) is 0 Å². The number of rotatable bonds is 1. The molecule has 0 saturated heterocycles. The lowest BCUT2D eigenvalue weighted by Gasteiger charge is -2.34. The molecule has 0 aliphatic rings. The molecule has 0 N–H and O–H groups in total. The number of hydrogen-bond acceptors (Lipinski definition) is 1. The Labute approximate surface area is 83.3 Å². The fraction of sp³-hybridized carbons (Fsp3) is 0.455. The van der Waals surface area contributed by atoms with Crippen molar-refractivity contribution in [2.45, 2.75) is 26.3 Å². The van der Waals surface area contributed by atoms with Gasteiger partial charge in [0.15, 0.2) is 11.6 Å². The molecule has 0 radical (unpaired) electrons. The monoisotopic (exact) mass is 199 g/mol. The van der Waals surface area contributed by atoms with Crippen molar-refractivity contribution in [3.05, 3.63) is 29.8 Å². The van der Waals surface area contributed by atoms with Crippen molar-refractivity contribution < 1.29 is 8.78 Å². The summed E-state index contributed by atoms with van der Waals surface area (Å²) in [5, 5.41) is 0.